The fourth-order valence-corrected chi connectivity index (χ4v) is 6.46. The number of hydrogen-bond donors (Lipinski definition) is 2. The van der Waals surface area contributed by atoms with Crippen molar-refractivity contribution in [3.63, 3.8) is 0 Å². The van der Waals surface area contributed by atoms with Gasteiger partial charge in [0.2, 0.25) is 6.39 Å². The number of nitrogens with two attached hydrogens (primary N) is 1. The Hall–Kier alpha value is -4.57. The van der Waals surface area contributed by atoms with E-state index >= 15 is 0 Å². The van der Waals surface area contributed by atoms with E-state index in [-0.39, 0.29) is 0 Å². The summed E-state index contributed by atoms with van der Waals surface area (Å²) in [7, 11) is 8.07. The number of nitrogen functional groups attached to an aromatic ring is 1. The summed E-state index contributed by atoms with van der Waals surface area (Å²) in [6, 6.07) is 22.1. The van der Waals surface area contributed by atoms with Crippen LogP contribution in [0.15, 0.2) is 83.6 Å². The standard InChI is InChI=1S/C16H10Cl2N4O.C15H12Cl2N4O.C4H10O3/c1-22-15(16-20-19-8-23-16)12-4-2-3-11(14(12)21-22)10-6-5-9(17)7-13(10)18;1-21-14(15(22)19-18)11-4-2-3-10(13(11)20-21)9-6-5-8(16)7-12(9)17;1-5-4(6-2)7-3/h2-8H,1H3;2-7H,18H2,1H3,(H,19,22);4H,1-3H3. The van der Waals surface area contributed by atoms with E-state index in [9.17, 15) is 4.79 Å². The summed E-state index contributed by atoms with van der Waals surface area (Å²) in [6.45, 7) is -0.514. The number of nitrogens with one attached hydrogen (secondary N) is 1. The van der Waals surface area contributed by atoms with Gasteiger partial charge < -0.3 is 18.6 Å². The first-order valence-corrected chi connectivity index (χ1v) is 16.7. The summed E-state index contributed by atoms with van der Waals surface area (Å²) in [5.74, 6) is 5.26. The third-order valence-corrected chi connectivity index (χ3v) is 8.75. The molecule has 0 aliphatic rings. The number of rotatable bonds is 7. The average Bonchev–Trinajstić information content (AvgIpc) is 3.86. The molecule has 0 saturated carbocycles. The number of carbonyl (C=O) groups excluding carboxylic acids is 1. The van der Waals surface area contributed by atoms with E-state index in [0.29, 0.717) is 42.6 Å². The van der Waals surface area contributed by atoms with Crippen molar-refractivity contribution in [2.24, 2.45) is 19.9 Å². The van der Waals surface area contributed by atoms with Crippen LogP contribution in [-0.2, 0) is 28.3 Å². The zero-order chi connectivity index (χ0) is 37.5. The number of hydrogen-bond acceptors (Lipinski definition) is 10. The molecule has 0 bridgehead atoms. The van der Waals surface area contributed by atoms with Crippen molar-refractivity contribution >= 4 is 74.1 Å². The summed E-state index contributed by atoms with van der Waals surface area (Å²) in [6.07, 6.45) is 1.30. The molecule has 0 saturated heterocycles. The number of amides is 1. The van der Waals surface area contributed by atoms with E-state index in [4.69, 9.17) is 56.7 Å². The number of aryl methyl sites for hydroxylation is 2. The topological polar surface area (TPSA) is 157 Å². The molecule has 3 aromatic heterocycles. The number of aromatic nitrogens is 6. The van der Waals surface area contributed by atoms with Crippen molar-refractivity contribution < 1.29 is 23.4 Å². The van der Waals surface area contributed by atoms with E-state index in [2.05, 4.69) is 40.0 Å². The number of methoxy groups -OCH3 is 3. The Labute approximate surface area is 318 Å². The molecule has 0 fully saturated rings. The van der Waals surface area contributed by atoms with E-state index in [1.165, 1.54) is 32.4 Å². The summed E-state index contributed by atoms with van der Waals surface area (Å²) < 4.78 is 22.4. The largest absolute Gasteiger partial charge is 0.422 e. The smallest absolute Gasteiger partial charge is 0.284 e. The van der Waals surface area contributed by atoms with Gasteiger partial charge in [0.05, 0.1) is 0 Å². The van der Waals surface area contributed by atoms with Crippen molar-refractivity contribution in [1.29, 1.82) is 0 Å². The van der Waals surface area contributed by atoms with E-state index < -0.39 is 12.4 Å². The third-order valence-electron chi connectivity index (χ3n) is 7.66. The molecule has 0 aliphatic carbocycles. The van der Waals surface area contributed by atoms with Crippen LogP contribution in [0.25, 0.3) is 55.6 Å². The first kappa shape index (κ1) is 38.7. The molecule has 7 aromatic rings. The Balaban J connectivity index is 0.000000171. The predicted octanol–water partition coefficient (Wildman–Crippen LogP) is 7.96. The lowest BCUT2D eigenvalue weighted by Crippen LogP contribution is -2.31. The molecule has 13 nitrogen and oxygen atoms in total. The van der Waals surface area contributed by atoms with Gasteiger partial charge in [-0.2, -0.15) is 10.2 Å². The molecule has 7 rings (SSSR count). The number of ether oxygens (including phenoxy) is 3. The summed E-state index contributed by atoms with van der Waals surface area (Å²) in [5.41, 5.74) is 8.20. The molecule has 1 amide bonds. The van der Waals surface area contributed by atoms with Crippen LogP contribution in [0.2, 0.25) is 20.1 Å². The molecule has 4 aromatic carbocycles. The van der Waals surface area contributed by atoms with Crippen LogP contribution in [-0.4, -0.2) is 63.5 Å². The Morgan fingerprint density at radius 2 is 1.27 bits per heavy atom. The average molecular weight is 787 g/mol. The lowest BCUT2D eigenvalue weighted by atomic mass is 10.0. The van der Waals surface area contributed by atoms with Crippen molar-refractivity contribution in [3.8, 4) is 33.8 Å². The fourth-order valence-electron chi connectivity index (χ4n) is 5.44. The fraction of sp³-hybridized carbons (Fsp3) is 0.171. The molecule has 0 atom stereocenters. The van der Waals surface area contributed by atoms with Gasteiger partial charge in [-0.15, -0.1) is 10.2 Å². The molecule has 0 aliphatic heterocycles. The molecule has 3 N–H and O–H groups in total. The van der Waals surface area contributed by atoms with Crippen molar-refractivity contribution in [2.45, 2.75) is 6.48 Å². The zero-order valence-electron chi connectivity index (χ0n) is 28.4. The predicted molar refractivity (Wildman–Crippen MR) is 202 cm³/mol. The van der Waals surface area contributed by atoms with Crippen LogP contribution in [0, 0.1) is 0 Å². The van der Waals surface area contributed by atoms with Crippen molar-refractivity contribution in [3.05, 3.63) is 105 Å². The Morgan fingerprint density at radius 3 is 1.73 bits per heavy atom. The van der Waals surface area contributed by atoms with Crippen LogP contribution >= 0.6 is 46.4 Å². The summed E-state index contributed by atoms with van der Waals surface area (Å²) >= 11 is 24.6. The number of nitrogens with zero attached hydrogens (tertiary/aromatic N) is 6. The number of benzene rings is 4. The van der Waals surface area contributed by atoms with Gasteiger partial charge in [0.25, 0.3) is 18.3 Å². The minimum absolute atomic E-state index is 0.393. The minimum atomic E-state index is -0.514. The molecule has 270 valence electrons. The maximum Gasteiger partial charge on any atom is 0.284 e. The molecule has 0 unspecified atom stereocenters. The maximum absolute atomic E-state index is 11.9. The molecular formula is C35H32Cl4N8O5. The van der Waals surface area contributed by atoms with Gasteiger partial charge in [-0.1, -0.05) is 94.9 Å². The highest BCUT2D eigenvalue weighted by atomic mass is 35.5. The van der Waals surface area contributed by atoms with E-state index in [0.717, 1.165) is 38.9 Å². The molecule has 0 radical (unpaired) electrons. The van der Waals surface area contributed by atoms with Gasteiger partial charge in [-0.3, -0.25) is 19.6 Å². The van der Waals surface area contributed by atoms with Gasteiger partial charge >= 0.3 is 0 Å². The first-order chi connectivity index (χ1) is 25.0. The Morgan fingerprint density at radius 1 is 0.750 bits per heavy atom. The molecule has 52 heavy (non-hydrogen) atoms. The van der Waals surface area contributed by atoms with Crippen LogP contribution in [0.1, 0.15) is 10.5 Å². The van der Waals surface area contributed by atoms with E-state index in [1.54, 1.807) is 29.9 Å². The monoisotopic (exact) mass is 784 g/mol. The highest BCUT2D eigenvalue weighted by Crippen LogP contribution is 2.38. The quantitative estimate of drug-likeness (QED) is 0.0703. The number of fused-ring (bicyclic) bond motifs is 2. The number of halogens is 4. The second-order valence-corrected chi connectivity index (χ2v) is 12.5. The van der Waals surface area contributed by atoms with Gasteiger partial charge in [0.15, 0.2) is 0 Å². The van der Waals surface area contributed by atoms with E-state index in [1.807, 2.05) is 61.6 Å². The van der Waals surface area contributed by atoms with Gasteiger partial charge in [0, 0.05) is 88.5 Å². The van der Waals surface area contributed by atoms with Crippen molar-refractivity contribution in [1.82, 2.24) is 35.2 Å². The van der Waals surface area contributed by atoms with Crippen LogP contribution in [0.3, 0.4) is 0 Å². The summed E-state index contributed by atoms with van der Waals surface area (Å²) in [4.78, 5) is 11.9. The van der Waals surface area contributed by atoms with Gasteiger partial charge in [-0.05, 0) is 24.3 Å². The second kappa shape index (κ2) is 17.3. The lowest BCUT2D eigenvalue weighted by molar-refractivity contribution is -0.252. The number of hydrazine groups is 1. The highest BCUT2D eigenvalue weighted by Gasteiger charge is 2.20. The number of carbonyl (C=O) groups is 1. The Kier molecular flexibility index (Phi) is 12.9. The zero-order valence-corrected chi connectivity index (χ0v) is 31.4. The van der Waals surface area contributed by atoms with Crippen molar-refractivity contribution in [2.75, 3.05) is 21.3 Å². The van der Waals surface area contributed by atoms with Gasteiger partial charge in [0.1, 0.15) is 22.4 Å². The normalized spacial score (nSPS) is 11.0. The second-order valence-electron chi connectivity index (χ2n) is 10.8. The van der Waals surface area contributed by atoms with Crippen LogP contribution in [0.4, 0.5) is 0 Å². The third kappa shape index (κ3) is 8.22. The van der Waals surface area contributed by atoms with Crippen LogP contribution in [0.5, 0.6) is 0 Å². The molecular weight excluding hydrogens is 754 g/mol. The first-order valence-electron chi connectivity index (χ1n) is 15.2. The highest BCUT2D eigenvalue weighted by molar-refractivity contribution is 6.37. The lowest BCUT2D eigenvalue weighted by Gasteiger charge is -2.08. The van der Waals surface area contributed by atoms with Gasteiger partial charge in [-0.25, -0.2) is 5.84 Å². The molecule has 0 spiro atoms. The maximum atomic E-state index is 11.9. The summed E-state index contributed by atoms with van der Waals surface area (Å²) in [5, 5.41) is 20.6. The molecule has 17 heteroatoms. The molecule has 3 heterocycles. The van der Waals surface area contributed by atoms with Crippen LogP contribution < -0.4 is 11.3 Å². The Bertz CT molecular complexity index is 2320. The SMILES string of the molecule is COC(OC)OC.Cn1nc2c(-c3ccc(Cl)cc3Cl)cccc2c1-c1nnco1.Cn1nc2c(-c3ccc(Cl)cc3Cl)cccc2c1C(=O)NN. The minimum Gasteiger partial charge on any atom is -0.422 e.